The first-order chi connectivity index (χ1) is 11.2. The van der Waals surface area contributed by atoms with E-state index in [4.69, 9.17) is 0 Å². The number of nitrogens with zero attached hydrogens (tertiary/aromatic N) is 4. The third-order valence-corrected chi connectivity index (χ3v) is 3.86. The molecular weight excluding hydrogens is 288 g/mol. The molecule has 4 rings (SSSR count). The largest absolute Gasteiger partial charge is 0.285 e. The van der Waals surface area contributed by atoms with Crippen LogP contribution in [0.15, 0.2) is 42.9 Å². The van der Waals surface area contributed by atoms with Crippen LogP contribution in [-0.2, 0) is 0 Å². The number of aromatic amines is 2. The molecule has 0 aliphatic carbocycles. The molecule has 0 saturated carbocycles. The maximum Gasteiger partial charge on any atom is 0.182 e. The topological polar surface area (TPSA) is 83.1 Å². The standard InChI is InChI=1S/C17H16N6/c1-10(2)16-15-12(13-5-3-4-6-18-13)7-14(11-8-19-20-9-11)21-17(15)23-22-16/h3-10H,1-2H3,(H,19,20)(H,21,22,23). The monoisotopic (exact) mass is 304 g/mol. The van der Waals surface area contributed by atoms with Crippen molar-refractivity contribution in [3.8, 4) is 22.5 Å². The molecule has 6 nitrogen and oxygen atoms in total. The zero-order valence-electron chi connectivity index (χ0n) is 12.9. The van der Waals surface area contributed by atoms with Crippen LogP contribution in [0.25, 0.3) is 33.5 Å². The van der Waals surface area contributed by atoms with Gasteiger partial charge in [0.15, 0.2) is 5.65 Å². The van der Waals surface area contributed by atoms with E-state index in [0.717, 1.165) is 33.6 Å². The molecule has 0 saturated heterocycles. The molecule has 0 fully saturated rings. The number of nitrogens with one attached hydrogen (secondary N) is 2. The van der Waals surface area contributed by atoms with Gasteiger partial charge >= 0.3 is 0 Å². The minimum absolute atomic E-state index is 0.323. The number of hydrogen-bond acceptors (Lipinski definition) is 4. The molecule has 0 unspecified atom stereocenters. The molecule has 4 aromatic rings. The number of hydrogen-bond donors (Lipinski definition) is 2. The van der Waals surface area contributed by atoms with Gasteiger partial charge in [-0.25, -0.2) is 4.98 Å². The molecule has 0 aliphatic heterocycles. The second-order valence-electron chi connectivity index (χ2n) is 5.75. The first-order valence-electron chi connectivity index (χ1n) is 7.53. The predicted octanol–water partition coefficient (Wildman–Crippen LogP) is 3.53. The Hall–Kier alpha value is -3.02. The third-order valence-electron chi connectivity index (χ3n) is 3.86. The lowest BCUT2D eigenvalue weighted by atomic mass is 9.99. The van der Waals surface area contributed by atoms with Crippen LogP contribution in [0, 0.1) is 0 Å². The molecule has 0 radical (unpaired) electrons. The van der Waals surface area contributed by atoms with E-state index < -0.39 is 0 Å². The third kappa shape index (κ3) is 2.28. The highest BCUT2D eigenvalue weighted by Crippen LogP contribution is 2.34. The molecular formula is C17H16N6. The van der Waals surface area contributed by atoms with Gasteiger partial charge in [0, 0.05) is 29.2 Å². The Balaban J connectivity index is 2.05. The maximum atomic E-state index is 4.68. The van der Waals surface area contributed by atoms with Crippen molar-refractivity contribution in [3.63, 3.8) is 0 Å². The minimum atomic E-state index is 0.323. The van der Waals surface area contributed by atoms with Crippen LogP contribution < -0.4 is 0 Å². The van der Waals surface area contributed by atoms with Gasteiger partial charge in [0.1, 0.15) is 0 Å². The van der Waals surface area contributed by atoms with Gasteiger partial charge in [0.25, 0.3) is 0 Å². The highest BCUT2D eigenvalue weighted by molar-refractivity contribution is 5.96. The van der Waals surface area contributed by atoms with E-state index >= 15 is 0 Å². The Kier molecular flexibility index (Phi) is 3.15. The van der Waals surface area contributed by atoms with Crippen molar-refractivity contribution in [1.29, 1.82) is 0 Å². The SMILES string of the molecule is CC(C)c1[nH]nc2nc(-c3cn[nH]c3)cc(-c3ccccn3)c12. The van der Waals surface area contributed by atoms with E-state index in [0.29, 0.717) is 11.6 Å². The average Bonchev–Trinajstić information content (AvgIpc) is 3.24. The summed E-state index contributed by atoms with van der Waals surface area (Å²) in [6.45, 7) is 4.28. The smallest absolute Gasteiger partial charge is 0.182 e. The molecule has 2 N–H and O–H groups in total. The Morgan fingerprint density at radius 2 is 2.04 bits per heavy atom. The quantitative estimate of drug-likeness (QED) is 0.606. The van der Waals surface area contributed by atoms with E-state index in [1.807, 2.05) is 24.4 Å². The summed E-state index contributed by atoms with van der Waals surface area (Å²) >= 11 is 0. The molecule has 0 atom stereocenters. The first-order valence-corrected chi connectivity index (χ1v) is 7.53. The molecule has 0 amide bonds. The van der Waals surface area contributed by atoms with Crippen molar-refractivity contribution >= 4 is 11.0 Å². The van der Waals surface area contributed by atoms with Crippen LogP contribution >= 0.6 is 0 Å². The van der Waals surface area contributed by atoms with E-state index in [1.54, 1.807) is 12.4 Å². The van der Waals surface area contributed by atoms with Crippen molar-refractivity contribution in [2.24, 2.45) is 0 Å². The highest BCUT2D eigenvalue weighted by Gasteiger charge is 2.18. The van der Waals surface area contributed by atoms with Crippen LogP contribution in [-0.4, -0.2) is 30.4 Å². The van der Waals surface area contributed by atoms with E-state index in [9.17, 15) is 0 Å². The number of aromatic nitrogens is 6. The van der Waals surface area contributed by atoms with Crippen LogP contribution in [0.1, 0.15) is 25.5 Å². The lowest BCUT2D eigenvalue weighted by molar-refractivity contribution is 0.817. The summed E-state index contributed by atoms with van der Waals surface area (Å²) in [7, 11) is 0. The minimum Gasteiger partial charge on any atom is -0.285 e. The van der Waals surface area contributed by atoms with Gasteiger partial charge in [-0.1, -0.05) is 19.9 Å². The van der Waals surface area contributed by atoms with Crippen LogP contribution in [0.4, 0.5) is 0 Å². The Labute approximate surface area is 133 Å². The van der Waals surface area contributed by atoms with E-state index in [2.05, 4.69) is 50.3 Å². The van der Waals surface area contributed by atoms with E-state index in [1.165, 1.54) is 0 Å². The van der Waals surface area contributed by atoms with E-state index in [-0.39, 0.29) is 0 Å². The summed E-state index contributed by atoms with van der Waals surface area (Å²) < 4.78 is 0. The van der Waals surface area contributed by atoms with Gasteiger partial charge in [-0.3, -0.25) is 15.2 Å². The van der Waals surface area contributed by atoms with Crippen molar-refractivity contribution < 1.29 is 0 Å². The molecule has 23 heavy (non-hydrogen) atoms. The predicted molar refractivity (Wildman–Crippen MR) is 88.8 cm³/mol. The van der Waals surface area contributed by atoms with Crippen LogP contribution in [0.5, 0.6) is 0 Å². The zero-order chi connectivity index (χ0) is 15.8. The van der Waals surface area contributed by atoms with Gasteiger partial charge in [-0.05, 0) is 24.1 Å². The summed E-state index contributed by atoms with van der Waals surface area (Å²) in [5.74, 6) is 0.323. The van der Waals surface area contributed by atoms with Crippen molar-refractivity contribution in [2.45, 2.75) is 19.8 Å². The molecule has 4 aromatic heterocycles. The van der Waals surface area contributed by atoms with Gasteiger partial charge in [0.2, 0.25) is 0 Å². The number of pyridine rings is 2. The van der Waals surface area contributed by atoms with Gasteiger partial charge in [-0.2, -0.15) is 10.2 Å². The molecule has 114 valence electrons. The van der Waals surface area contributed by atoms with Gasteiger partial charge in [-0.15, -0.1) is 0 Å². The summed E-state index contributed by atoms with van der Waals surface area (Å²) in [6, 6.07) is 7.96. The van der Waals surface area contributed by atoms with Gasteiger partial charge in [0.05, 0.1) is 23.0 Å². The lowest BCUT2D eigenvalue weighted by Crippen LogP contribution is -1.93. The average molecular weight is 304 g/mol. The molecule has 0 bridgehead atoms. The fourth-order valence-corrected chi connectivity index (χ4v) is 2.73. The maximum absolute atomic E-state index is 4.68. The molecule has 6 heteroatoms. The number of fused-ring (bicyclic) bond motifs is 1. The Morgan fingerprint density at radius 3 is 2.74 bits per heavy atom. The van der Waals surface area contributed by atoms with Crippen molar-refractivity contribution in [2.75, 3.05) is 0 Å². The molecule has 0 aliphatic rings. The zero-order valence-corrected chi connectivity index (χ0v) is 12.9. The molecule has 4 heterocycles. The fraction of sp³-hybridized carbons (Fsp3) is 0.176. The number of H-pyrrole nitrogens is 2. The Bertz CT molecular complexity index is 938. The molecule has 0 aromatic carbocycles. The lowest BCUT2D eigenvalue weighted by Gasteiger charge is -2.08. The second kappa shape index (κ2) is 5.31. The van der Waals surface area contributed by atoms with Gasteiger partial charge < -0.3 is 0 Å². The number of rotatable bonds is 3. The van der Waals surface area contributed by atoms with Crippen LogP contribution in [0.3, 0.4) is 0 Å². The normalized spacial score (nSPS) is 11.4. The molecule has 0 spiro atoms. The summed E-state index contributed by atoms with van der Waals surface area (Å²) in [6.07, 6.45) is 5.38. The van der Waals surface area contributed by atoms with Crippen molar-refractivity contribution in [3.05, 3.63) is 48.5 Å². The second-order valence-corrected chi connectivity index (χ2v) is 5.75. The summed E-state index contributed by atoms with van der Waals surface area (Å²) in [5.41, 5.74) is 5.48. The van der Waals surface area contributed by atoms with Crippen LogP contribution in [0.2, 0.25) is 0 Å². The summed E-state index contributed by atoms with van der Waals surface area (Å²) in [4.78, 5) is 9.19. The first kappa shape index (κ1) is 13.6. The summed E-state index contributed by atoms with van der Waals surface area (Å²) in [5, 5.41) is 15.4. The Morgan fingerprint density at radius 1 is 1.13 bits per heavy atom. The van der Waals surface area contributed by atoms with Crippen molar-refractivity contribution in [1.82, 2.24) is 30.4 Å². The highest BCUT2D eigenvalue weighted by atomic mass is 15.2. The fourth-order valence-electron chi connectivity index (χ4n) is 2.73.